The maximum Gasteiger partial charge on any atom is 0.309 e. The summed E-state index contributed by atoms with van der Waals surface area (Å²) in [7, 11) is 0. The Balaban J connectivity index is 2.43. The van der Waals surface area contributed by atoms with Gasteiger partial charge in [-0.2, -0.15) is 0 Å². The zero-order chi connectivity index (χ0) is 13.4. The average molecular weight is 256 g/mol. The third-order valence-corrected chi connectivity index (χ3v) is 3.50. The molecule has 1 atom stereocenters. The Morgan fingerprint density at radius 2 is 1.94 bits per heavy atom. The molecule has 0 aromatic rings. The average Bonchev–Trinajstić information content (AvgIpc) is 2.35. The van der Waals surface area contributed by atoms with Crippen molar-refractivity contribution in [2.24, 2.45) is 5.92 Å². The van der Waals surface area contributed by atoms with E-state index in [0.717, 1.165) is 38.5 Å². The van der Waals surface area contributed by atoms with Crippen molar-refractivity contribution in [2.75, 3.05) is 0 Å². The summed E-state index contributed by atoms with van der Waals surface area (Å²) >= 11 is 0. The van der Waals surface area contributed by atoms with E-state index in [0.29, 0.717) is 6.42 Å². The van der Waals surface area contributed by atoms with Gasteiger partial charge in [0, 0.05) is 0 Å². The minimum atomic E-state index is -0.920. The smallest absolute Gasteiger partial charge is 0.309 e. The standard InChI is InChI=1S/C14H24O4/c1-2-3-7-11(10-13(15)16)14(17)18-12-8-5-4-6-9-12/h11-12H,2-10H2,1H3,(H,15,16). The largest absolute Gasteiger partial charge is 0.481 e. The van der Waals surface area contributed by atoms with E-state index in [4.69, 9.17) is 9.84 Å². The van der Waals surface area contributed by atoms with E-state index in [1.54, 1.807) is 0 Å². The summed E-state index contributed by atoms with van der Waals surface area (Å²) in [5, 5.41) is 8.83. The Labute approximate surface area is 109 Å². The molecular formula is C14H24O4. The molecule has 1 N–H and O–H groups in total. The molecule has 0 bridgehead atoms. The third kappa shape index (κ3) is 5.52. The van der Waals surface area contributed by atoms with Crippen molar-refractivity contribution in [3.8, 4) is 0 Å². The van der Waals surface area contributed by atoms with Gasteiger partial charge in [-0.1, -0.05) is 26.2 Å². The molecule has 0 amide bonds. The normalized spacial score (nSPS) is 18.3. The van der Waals surface area contributed by atoms with Crippen molar-refractivity contribution in [2.45, 2.75) is 70.8 Å². The van der Waals surface area contributed by atoms with Crippen LogP contribution in [0.1, 0.15) is 64.7 Å². The van der Waals surface area contributed by atoms with Gasteiger partial charge in [0.1, 0.15) is 6.10 Å². The molecule has 18 heavy (non-hydrogen) atoms. The lowest BCUT2D eigenvalue weighted by atomic mass is 9.96. The first kappa shape index (κ1) is 15.0. The number of unbranched alkanes of at least 4 members (excludes halogenated alkanes) is 1. The third-order valence-electron chi connectivity index (χ3n) is 3.50. The summed E-state index contributed by atoms with van der Waals surface area (Å²) in [4.78, 5) is 22.7. The van der Waals surface area contributed by atoms with Crippen molar-refractivity contribution in [3.63, 3.8) is 0 Å². The number of esters is 1. The Hall–Kier alpha value is -1.06. The minimum absolute atomic E-state index is 0.0178. The number of ether oxygens (including phenoxy) is 1. The fourth-order valence-corrected chi connectivity index (χ4v) is 2.41. The minimum Gasteiger partial charge on any atom is -0.481 e. The summed E-state index contributed by atoms with van der Waals surface area (Å²) in [5.41, 5.74) is 0. The molecular weight excluding hydrogens is 232 g/mol. The van der Waals surface area contributed by atoms with Crippen LogP contribution < -0.4 is 0 Å². The van der Waals surface area contributed by atoms with Crippen molar-refractivity contribution in [3.05, 3.63) is 0 Å². The fraction of sp³-hybridized carbons (Fsp3) is 0.857. The van der Waals surface area contributed by atoms with Gasteiger partial charge in [-0.3, -0.25) is 9.59 Å². The van der Waals surface area contributed by atoms with Crippen LogP contribution in [0.3, 0.4) is 0 Å². The highest BCUT2D eigenvalue weighted by molar-refractivity contribution is 5.79. The van der Waals surface area contributed by atoms with Crippen LogP contribution in [0.15, 0.2) is 0 Å². The molecule has 1 saturated carbocycles. The molecule has 0 radical (unpaired) electrons. The molecule has 1 unspecified atom stereocenters. The van der Waals surface area contributed by atoms with Crippen molar-refractivity contribution in [1.29, 1.82) is 0 Å². The number of rotatable bonds is 7. The maximum atomic E-state index is 12.0. The molecule has 0 heterocycles. The van der Waals surface area contributed by atoms with Crippen LogP contribution in [-0.4, -0.2) is 23.1 Å². The molecule has 1 fully saturated rings. The van der Waals surface area contributed by atoms with Gasteiger partial charge < -0.3 is 9.84 Å². The zero-order valence-corrected chi connectivity index (χ0v) is 11.2. The second-order valence-corrected chi connectivity index (χ2v) is 5.13. The van der Waals surface area contributed by atoms with Gasteiger partial charge in [-0.15, -0.1) is 0 Å². The summed E-state index contributed by atoms with van der Waals surface area (Å²) in [6.07, 6.45) is 7.66. The molecule has 4 nitrogen and oxygen atoms in total. The molecule has 1 aliphatic rings. The number of carboxylic acids is 1. The highest BCUT2D eigenvalue weighted by Crippen LogP contribution is 2.23. The second kappa shape index (κ2) is 8.11. The zero-order valence-electron chi connectivity index (χ0n) is 11.2. The van der Waals surface area contributed by atoms with E-state index in [9.17, 15) is 9.59 Å². The van der Waals surface area contributed by atoms with Gasteiger partial charge in [-0.25, -0.2) is 0 Å². The van der Waals surface area contributed by atoms with Crippen LogP contribution in [0.5, 0.6) is 0 Å². The van der Waals surface area contributed by atoms with Crippen molar-refractivity contribution < 1.29 is 19.4 Å². The van der Waals surface area contributed by atoms with Crippen LogP contribution >= 0.6 is 0 Å². The van der Waals surface area contributed by atoms with Gasteiger partial charge in [0.05, 0.1) is 12.3 Å². The quantitative estimate of drug-likeness (QED) is 0.711. The lowest BCUT2D eigenvalue weighted by Gasteiger charge is -2.24. The maximum absolute atomic E-state index is 12.0. The number of carbonyl (C=O) groups is 2. The van der Waals surface area contributed by atoms with Gasteiger partial charge in [0.25, 0.3) is 0 Å². The Morgan fingerprint density at radius 3 is 2.50 bits per heavy atom. The van der Waals surface area contributed by atoms with E-state index >= 15 is 0 Å². The number of aliphatic carboxylic acids is 1. The molecule has 0 aromatic heterocycles. The number of hydrogen-bond donors (Lipinski definition) is 1. The lowest BCUT2D eigenvalue weighted by molar-refractivity contribution is -0.159. The highest BCUT2D eigenvalue weighted by Gasteiger charge is 2.26. The molecule has 4 heteroatoms. The van der Waals surface area contributed by atoms with E-state index in [1.165, 1.54) is 6.42 Å². The number of carboxylic acid groups (broad SMARTS) is 1. The fourth-order valence-electron chi connectivity index (χ4n) is 2.41. The van der Waals surface area contributed by atoms with E-state index in [1.807, 2.05) is 6.92 Å². The molecule has 0 spiro atoms. The van der Waals surface area contributed by atoms with Gasteiger partial charge >= 0.3 is 11.9 Å². The lowest BCUT2D eigenvalue weighted by Crippen LogP contribution is -2.27. The first-order valence-electron chi connectivity index (χ1n) is 7.05. The number of carbonyl (C=O) groups excluding carboxylic acids is 1. The highest BCUT2D eigenvalue weighted by atomic mass is 16.5. The number of hydrogen-bond acceptors (Lipinski definition) is 3. The molecule has 0 aliphatic heterocycles. The van der Waals surface area contributed by atoms with E-state index in [2.05, 4.69) is 0 Å². The molecule has 1 rings (SSSR count). The monoisotopic (exact) mass is 256 g/mol. The molecule has 0 aromatic carbocycles. The van der Waals surface area contributed by atoms with E-state index < -0.39 is 11.9 Å². The predicted octanol–water partition coefficient (Wildman–Crippen LogP) is 3.14. The summed E-state index contributed by atoms with van der Waals surface area (Å²) in [5.74, 6) is -1.70. The topological polar surface area (TPSA) is 63.6 Å². The SMILES string of the molecule is CCCCC(CC(=O)O)C(=O)OC1CCCCC1. The Morgan fingerprint density at radius 1 is 1.28 bits per heavy atom. The van der Waals surface area contributed by atoms with Crippen LogP contribution in [0.2, 0.25) is 0 Å². The van der Waals surface area contributed by atoms with Gasteiger partial charge in [0.2, 0.25) is 0 Å². The second-order valence-electron chi connectivity index (χ2n) is 5.13. The first-order valence-corrected chi connectivity index (χ1v) is 7.05. The summed E-state index contributed by atoms with van der Waals surface area (Å²) < 4.78 is 5.45. The molecule has 1 aliphatic carbocycles. The van der Waals surface area contributed by atoms with E-state index in [-0.39, 0.29) is 18.5 Å². The Bertz CT molecular complexity index is 269. The van der Waals surface area contributed by atoms with Gasteiger partial charge in [0.15, 0.2) is 0 Å². The first-order chi connectivity index (χ1) is 8.63. The molecule has 0 saturated heterocycles. The van der Waals surface area contributed by atoms with Crippen LogP contribution in [0.25, 0.3) is 0 Å². The summed E-state index contributed by atoms with van der Waals surface area (Å²) in [6.45, 7) is 2.03. The van der Waals surface area contributed by atoms with Crippen LogP contribution in [-0.2, 0) is 14.3 Å². The molecule has 104 valence electrons. The van der Waals surface area contributed by atoms with Gasteiger partial charge in [-0.05, 0) is 32.1 Å². The predicted molar refractivity (Wildman–Crippen MR) is 68.2 cm³/mol. The van der Waals surface area contributed by atoms with Crippen molar-refractivity contribution in [1.82, 2.24) is 0 Å². The van der Waals surface area contributed by atoms with Crippen LogP contribution in [0.4, 0.5) is 0 Å². The van der Waals surface area contributed by atoms with Crippen LogP contribution in [0, 0.1) is 5.92 Å². The van der Waals surface area contributed by atoms with Crippen molar-refractivity contribution >= 4 is 11.9 Å². The Kier molecular flexibility index (Phi) is 6.76. The summed E-state index contributed by atoms with van der Waals surface area (Å²) in [6, 6.07) is 0.